The topological polar surface area (TPSA) is 61.8 Å². The van der Waals surface area contributed by atoms with Gasteiger partial charge in [-0.25, -0.2) is 4.79 Å². The summed E-state index contributed by atoms with van der Waals surface area (Å²) < 4.78 is 14.9. The maximum absolute atomic E-state index is 11.9. The van der Waals surface area contributed by atoms with Crippen molar-refractivity contribution in [3.05, 3.63) is 0 Å². The van der Waals surface area contributed by atoms with Crippen LogP contribution < -0.4 is 0 Å². The molecule has 19 heavy (non-hydrogen) atoms. The molecule has 1 fully saturated rings. The first-order valence-electron chi connectivity index (χ1n) is 6.44. The van der Waals surface area contributed by atoms with Gasteiger partial charge in [-0.15, -0.1) is 0 Å². The van der Waals surface area contributed by atoms with Crippen LogP contribution in [0.2, 0.25) is 0 Å². The Morgan fingerprint density at radius 3 is 2.21 bits per heavy atom. The van der Waals surface area contributed by atoms with Gasteiger partial charge in [0.2, 0.25) is 0 Å². The fourth-order valence-electron chi connectivity index (χ4n) is 2.02. The Morgan fingerprint density at radius 2 is 1.74 bits per heavy atom. The van der Waals surface area contributed by atoms with Crippen molar-refractivity contribution in [1.29, 1.82) is 0 Å². The van der Waals surface area contributed by atoms with Gasteiger partial charge in [0.1, 0.15) is 11.7 Å². The van der Waals surface area contributed by atoms with E-state index in [0.29, 0.717) is 25.7 Å². The van der Waals surface area contributed by atoms with E-state index < -0.39 is 11.8 Å². The van der Waals surface area contributed by atoms with E-state index in [1.165, 1.54) is 0 Å². The summed E-state index contributed by atoms with van der Waals surface area (Å²) in [6, 6.07) is -0.216. The van der Waals surface area contributed by atoms with E-state index in [4.69, 9.17) is 21.1 Å². The molecule has 1 aliphatic rings. The van der Waals surface area contributed by atoms with Crippen LogP contribution in [-0.4, -0.2) is 29.9 Å². The molecule has 0 unspecified atom stereocenters. The van der Waals surface area contributed by atoms with Crippen molar-refractivity contribution in [2.24, 2.45) is 5.92 Å². The van der Waals surface area contributed by atoms with Crippen LogP contribution in [0.5, 0.6) is 0 Å². The highest BCUT2D eigenvalue weighted by molar-refractivity contribution is 6.17. The van der Waals surface area contributed by atoms with E-state index in [1.54, 1.807) is 0 Å². The van der Waals surface area contributed by atoms with E-state index in [2.05, 4.69) is 4.74 Å². The van der Waals surface area contributed by atoms with E-state index in [0.717, 1.165) is 0 Å². The first-order valence-corrected chi connectivity index (χ1v) is 6.97. The van der Waals surface area contributed by atoms with Gasteiger partial charge < -0.3 is 14.2 Å². The van der Waals surface area contributed by atoms with Crippen LogP contribution in [-0.2, 0) is 19.0 Å². The highest BCUT2D eigenvalue weighted by Gasteiger charge is 2.31. The minimum atomic E-state index is -0.754. The largest absolute Gasteiger partial charge is 0.509 e. The fraction of sp³-hybridized carbons (Fsp3) is 0.846. The molecule has 0 aromatic rings. The van der Waals surface area contributed by atoms with Gasteiger partial charge in [-0.05, 0) is 46.5 Å². The lowest BCUT2D eigenvalue weighted by molar-refractivity contribution is -0.161. The zero-order valence-corrected chi connectivity index (χ0v) is 12.4. The molecule has 0 aromatic carbocycles. The van der Waals surface area contributed by atoms with Crippen LogP contribution in [0.25, 0.3) is 0 Å². The smallest absolute Gasteiger partial charge is 0.460 e. The van der Waals surface area contributed by atoms with Gasteiger partial charge in [0.25, 0.3) is 0 Å². The van der Waals surface area contributed by atoms with Crippen molar-refractivity contribution >= 4 is 23.7 Å². The monoisotopic (exact) mass is 292 g/mol. The molecule has 1 aliphatic carbocycles. The average molecular weight is 293 g/mol. The molecule has 0 bridgehead atoms. The first kappa shape index (κ1) is 16.1. The lowest BCUT2D eigenvalue weighted by Gasteiger charge is -2.29. The van der Waals surface area contributed by atoms with E-state index in [1.807, 2.05) is 20.8 Å². The molecule has 0 N–H and O–H groups in total. The fourth-order valence-corrected chi connectivity index (χ4v) is 2.11. The Bertz CT molecular complexity index is 315. The van der Waals surface area contributed by atoms with Gasteiger partial charge in [0, 0.05) is 0 Å². The van der Waals surface area contributed by atoms with Crippen LogP contribution in [0, 0.1) is 5.92 Å². The third-order valence-corrected chi connectivity index (χ3v) is 2.96. The van der Waals surface area contributed by atoms with E-state index >= 15 is 0 Å². The number of halogens is 1. The van der Waals surface area contributed by atoms with Crippen LogP contribution in [0.15, 0.2) is 0 Å². The first-order chi connectivity index (χ1) is 8.81. The third-order valence-electron chi connectivity index (χ3n) is 2.85. The number of hydrogen-bond donors (Lipinski definition) is 0. The second kappa shape index (κ2) is 6.98. The van der Waals surface area contributed by atoms with E-state index in [9.17, 15) is 9.59 Å². The van der Waals surface area contributed by atoms with Crippen molar-refractivity contribution in [2.75, 3.05) is 6.07 Å². The van der Waals surface area contributed by atoms with Crippen LogP contribution in [0.3, 0.4) is 0 Å². The second-order valence-electron chi connectivity index (χ2n) is 5.63. The molecule has 0 radical (unpaired) electrons. The maximum atomic E-state index is 11.9. The number of alkyl halides is 1. The predicted molar refractivity (Wildman–Crippen MR) is 69.9 cm³/mol. The van der Waals surface area contributed by atoms with Crippen molar-refractivity contribution < 1.29 is 23.8 Å². The van der Waals surface area contributed by atoms with Crippen LogP contribution >= 0.6 is 11.6 Å². The van der Waals surface area contributed by atoms with Gasteiger partial charge >= 0.3 is 12.1 Å². The lowest BCUT2D eigenvalue weighted by atomic mass is 9.87. The molecule has 0 spiro atoms. The maximum Gasteiger partial charge on any atom is 0.509 e. The van der Waals surface area contributed by atoms with Gasteiger partial charge in [-0.1, -0.05) is 11.6 Å². The number of ether oxygens (including phenoxy) is 3. The number of hydrogen-bond acceptors (Lipinski definition) is 5. The van der Waals surface area contributed by atoms with Crippen molar-refractivity contribution in [1.82, 2.24) is 0 Å². The Hall–Kier alpha value is -0.970. The highest BCUT2D eigenvalue weighted by Crippen LogP contribution is 2.28. The molecule has 0 aromatic heterocycles. The standard InChI is InChI=1S/C13H21ClO5/c1-13(2,3)19-11(15)9-4-6-10(7-5-9)18-12(16)17-8-14/h9-10H,4-8H2,1-3H3. The molecule has 5 nitrogen and oxygen atoms in total. The molecule has 1 saturated carbocycles. The normalized spacial score (nSPS) is 23.6. The number of carbonyl (C=O) groups excluding carboxylic acids is 2. The summed E-state index contributed by atoms with van der Waals surface area (Å²) in [6.07, 6.45) is 1.65. The van der Waals surface area contributed by atoms with Gasteiger partial charge in [-0.2, -0.15) is 0 Å². The van der Waals surface area contributed by atoms with E-state index in [-0.39, 0.29) is 24.1 Å². The SMILES string of the molecule is CC(C)(C)OC(=O)C1CCC(OC(=O)OCCl)CC1. The predicted octanol–water partition coefficient (Wildman–Crippen LogP) is 3.24. The van der Waals surface area contributed by atoms with Gasteiger partial charge in [-0.3, -0.25) is 4.79 Å². The summed E-state index contributed by atoms with van der Waals surface area (Å²) in [5.74, 6) is -0.280. The average Bonchev–Trinajstić information content (AvgIpc) is 2.27. The molecule has 0 atom stereocenters. The molecule has 0 heterocycles. The lowest BCUT2D eigenvalue weighted by Crippen LogP contribution is -2.33. The van der Waals surface area contributed by atoms with Gasteiger partial charge in [0.15, 0.2) is 6.07 Å². The quantitative estimate of drug-likeness (QED) is 0.590. The summed E-state index contributed by atoms with van der Waals surface area (Å²) in [7, 11) is 0. The minimum absolute atomic E-state index is 0.108. The molecule has 1 rings (SSSR count). The Kier molecular flexibility index (Phi) is 5.91. The number of carbonyl (C=O) groups is 2. The minimum Gasteiger partial charge on any atom is -0.460 e. The Balaban J connectivity index is 2.32. The zero-order valence-electron chi connectivity index (χ0n) is 11.6. The summed E-state index contributed by atoms with van der Waals surface area (Å²) >= 11 is 5.26. The van der Waals surface area contributed by atoms with Crippen molar-refractivity contribution in [3.63, 3.8) is 0 Å². The number of rotatable bonds is 3. The molecule has 0 saturated heterocycles. The van der Waals surface area contributed by atoms with Gasteiger partial charge in [0.05, 0.1) is 5.92 Å². The summed E-state index contributed by atoms with van der Waals surface area (Å²) in [5, 5.41) is 0. The molecular formula is C13H21ClO5. The Morgan fingerprint density at radius 1 is 1.16 bits per heavy atom. The zero-order chi connectivity index (χ0) is 14.5. The molecule has 110 valence electrons. The van der Waals surface area contributed by atoms with Crippen LogP contribution in [0.4, 0.5) is 4.79 Å². The second-order valence-corrected chi connectivity index (χ2v) is 5.85. The molecular weight excluding hydrogens is 272 g/mol. The molecule has 0 amide bonds. The van der Waals surface area contributed by atoms with Crippen LogP contribution in [0.1, 0.15) is 46.5 Å². The highest BCUT2D eigenvalue weighted by atomic mass is 35.5. The third kappa shape index (κ3) is 6.14. The summed E-state index contributed by atoms with van der Waals surface area (Å²) in [5.41, 5.74) is -0.464. The van der Waals surface area contributed by atoms with Crippen molar-refractivity contribution in [2.45, 2.75) is 58.2 Å². The molecule has 6 heteroatoms. The Labute approximate surface area is 118 Å². The summed E-state index contributed by atoms with van der Waals surface area (Å²) in [4.78, 5) is 23.0. The number of esters is 1. The molecule has 0 aliphatic heterocycles. The summed E-state index contributed by atoms with van der Waals surface area (Å²) in [6.45, 7) is 5.55. The van der Waals surface area contributed by atoms with Crippen molar-refractivity contribution in [3.8, 4) is 0 Å².